The van der Waals surface area contributed by atoms with Crippen molar-refractivity contribution in [1.82, 2.24) is 0 Å². The summed E-state index contributed by atoms with van der Waals surface area (Å²) in [5, 5.41) is 8.94. The predicted octanol–water partition coefficient (Wildman–Crippen LogP) is 3.28. The summed E-state index contributed by atoms with van der Waals surface area (Å²) in [4.78, 5) is 10.9. The van der Waals surface area contributed by atoms with Crippen molar-refractivity contribution in [1.29, 1.82) is 0 Å². The van der Waals surface area contributed by atoms with Crippen LogP contribution >= 0.6 is 0 Å². The summed E-state index contributed by atoms with van der Waals surface area (Å²) in [6, 6.07) is 12.5. The Bertz CT molecular complexity index is 602. The fraction of sp³-hybridized carbons (Fsp3) is 0.188. The zero-order chi connectivity index (χ0) is 14.5. The lowest BCUT2D eigenvalue weighted by Crippen LogP contribution is -2.02. The molecule has 0 amide bonds. The molecule has 0 saturated carbocycles. The van der Waals surface area contributed by atoms with Crippen molar-refractivity contribution in [3.05, 3.63) is 59.2 Å². The van der Waals surface area contributed by atoms with E-state index in [1.54, 1.807) is 12.1 Å². The van der Waals surface area contributed by atoms with E-state index in [0.29, 0.717) is 12.4 Å². The van der Waals surface area contributed by atoms with Crippen LogP contribution < -0.4 is 9.47 Å². The van der Waals surface area contributed by atoms with Gasteiger partial charge in [-0.05, 0) is 31.2 Å². The van der Waals surface area contributed by atoms with E-state index in [1.165, 1.54) is 18.7 Å². The molecule has 0 aliphatic heterocycles. The Morgan fingerprint density at radius 3 is 2.45 bits per heavy atom. The van der Waals surface area contributed by atoms with E-state index >= 15 is 0 Å². The van der Waals surface area contributed by atoms with Gasteiger partial charge >= 0.3 is 5.97 Å². The number of carboxylic acid groups (broad SMARTS) is 1. The molecule has 4 nitrogen and oxygen atoms in total. The minimum absolute atomic E-state index is 0.195. The van der Waals surface area contributed by atoms with E-state index < -0.39 is 5.97 Å². The largest absolute Gasteiger partial charge is 0.496 e. The van der Waals surface area contributed by atoms with Crippen molar-refractivity contribution in [3.8, 4) is 11.5 Å². The molecule has 0 spiro atoms. The first-order valence-corrected chi connectivity index (χ1v) is 6.20. The molecule has 2 aromatic rings. The van der Waals surface area contributed by atoms with Crippen LogP contribution in [0.1, 0.15) is 21.5 Å². The number of benzene rings is 2. The normalized spacial score (nSPS) is 10.1. The van der Waals surface area contributed by atoms with Crippen LogP contribution in [-0.4, -0.2) is 18.2 Å². The predicted molar refractivity (Wildman–Crippen MR) is 75.5 cm³/mol. The Labute approximate surface area is 117 Å². The van der Waals surface area contributed by atoms with Crippen molar-refractivity contribution in [3.63, 3.8) is 0 Å². The smallest absolute Gasteiger partial charge is 0.335 e. The van der Waals surface area contributed by atoms with Gasteiger partial charge in [0.2, 0.25) is 0 Å². The highest BCUT2D eigenvalue weighted by molar-refractivity contribution is 5.88. The number of ether oxygens (including phenoxy) is 2. The minimum atomic E-state index is -0.977. The average Bonchev–Trinajstić information content (AvgIpc) is 2.46. The molecule has 0 fully saturated rings. The van der Waals surface area contributed by atoms with Gasteiger partial charge in [0.1, 0.15) is 18.1 Å². The highest BCUT2D eigenvalue weighted by atomic mass is 16.5. The molecule has 0 unspecified atom stereocenters. The summed E-state index contributed by atoms with van der Waals surface area (Å²) in [6.07, 6.45) is 0. The number of carbonyl (C=O) groups is 1. The second kappa shape index (κ2) is 6.10. The van der Waals surface area contributed by atoms with Crippen LogP contribution in [0.4, 0.5) is 0 Å². The average molecular weight is 272 g/mol. The van der Waals surface area contributed by atoms with Crippen LogP contribution in [0.5, 0.6) is 11.5 Å². The summed E-state index contributed by atoms with van der Waals surface area (Å²) >= 11 is 0. The van der Waals surface area contributed by atoms with Crippen molar-refractivity contribution in [2.45, 2.75) is 13.5 Å². The first kappa shape index (κ1) is 13.9. The van der Waals surface area contributed by atoms with Crippen LogP contribution in [0.2, 0.25) is 0 Å². The lowest BCUT2D eigenvalue weighted by molar-refractivity contribution is 0.0696. The number of hydrogen-bond donors (Lipinski definition) is 1. The fourth-order valence-electron chi connectivity index (χ4n) is 1.79. The van der Waals surface area contributed by atoms with Gasteiger partial charge in [-0.15, -0.1) is 0 Å². The molecule has 104 valence electrons. The van der Waals surface area contributed by atoms with Gasteiger partial charge in [-0.1, -0.05) is 23.8 Å². The fourth-order valence-corrected chi connectivity index (χ4v) is 1.79. The second-order valence-corrected chi connectivity index (χ2v) is 4.43. The molecule has 0 saturated heterocycles. The Morgan fingerprint density at radius 2 is 1.85 bits per heavy atom. The number of aromatic carboxylic acids is 1. The Kier molecular flexibility index (Phi) is 4.25. The molecule has 0 heterocycles. The quantitative estimate of drug-likeness (QED) is 0.907. The monoisotopic (exact) mass is 272 g/mol. The van der Waals surface area contributed by atoms with Crippen molar-refractivity contribution in [2.24, 2.45) is 0 Å². The number of rotatable bonds is 5. The topological polar surface area (TPSA) is 55.8 Å². The highest BCUT2D eigenvalue weighted by Gasteiger charge is 2.09. The van der Waals surface area contributed by atoms with Gasteiger partial charge in [0.15, 0.2) is 0 Å². The SMILES string of the molecule is COc1cc(C(=O)O)ccc1COc1ccc(C)cc1. The van der Waals surface area contributed by atoms with Crippen molar-refractivity contribution < 1.29 is 19.4 Å². The standard InChI is InChI=1S/C16H16O4/c1-11-3-7-14(8-4-11)20-10-13-6-5-12(16(17)18)9-15(13)19-2/h3-9H,10H2,1-2H3,(H,17,18). The van der Waals surface area contributed by atoms with E-state index in [2.05, 4.69) is 0 Å². The van der Waals surface area contributed by atoms with Gasteiger partial charge in [-0.3, -0.25) is 0 Å². The molecule has 4 heteroatoms. The van der Waals surface area contributed by atoms with Gasteiger partial charge in [-0.25, -0.2) is 4.79 Å². The van der Waals surface area contributed by atoms with Crippen molar-refractivity contribution >= 4 is 5.97 Å². The molecule has 0 bridgehead atoms. The number of hydrogen-bond acceptors (Lipinski definition) is 3. The molecule has 0 aliphatic rings. The third-order valence-electron chi connectivity index (χ3n) is 2.95. The molecule has 0 aromatic heterocycles. The van der Waals surface area contributed by atoms with Gasteiger partial charge in [0, 0.05) is 5.56 Å². The Morgan fingerprint density at radius 1 is 1.15 bits per heavy atom. The molecular weight excluding hydrogens is 256 g/mol. The Balaban J connectivity index is 2.12. The first-order valence-electron chi connectivity index (χ1n) is 6.20. The van der Waals surface area contributed by atoms with Gasteiger partial charge in [0.25, 0.3) is 0 Å². The van der Waals surface area contributed by atoms with Crippen LogP contribution in [0.15, 0.2) is 42.5 Å². The van der Waals surface area contributed by atoms with Crippen LogP contribution in [-0.2, 0) is 6.61 Å². The summed E-state index contributed by atoms with van der Waals surface area (Å²) in [5.41, 5.74) is 2.17. The van der Waals surface area contributed by atoms with Crippen molar-refractivity contribution in [2.75, 3.05) is 7.11 Å². The van der Waals surface area contributed by atoms with E-state index in [4.69, 9.17) is 14.6 Å². The third kappa shape index (κ3) is 3.29. The lowest BCUT2D eigenvalue weighted by Gasteiger charge is -2.11. The van der Waals surface area contributed by atoms with E-state index in [0.717, 1.165) is 11.3 Å². The summed E-state index contributed by atoms with van der Waals surface area (Å²) in [7, 11) is 1.51. The maximum atomic E-state index is 10.9. The maximum Gasteiger partial charge on any atom is 0.335 e. The minimum Gasteiger partial charge on any atom is -0.496 e. The van der Waals surface area contributed by atoms with Gasteiger partial charge < -0.3 is 14.6 Å². The zero-order valence-corrected chi connectivity index (χ0v) is 11.4. The summed E-state index contributed by atoms with van der Waals surface area (Å²) < 4.78 is 10.9. The van der Waals surface area contributed by atoms with E-state index in [9.17, 15) is 4.79 Å². The molecule has 2 aromatic carbocycles. The molecule has 1 N–H and O–H groups in total. The number of carboxylic acids is 1. The maximum absolute atomic E-state index is 10.9. The van der Waals surface area contributed by atoms with Gasteiger partial charge in [-0.2, -0.15) is 0 Å². The molecular formula is C16H16O4. The first-order chi connectivity index (χ1) is 9.60. The lowest BCUT2D eigenvalue weighted by atomic mass is 10.1. The molecule has 0 radical (unpaired) electrons. The Hall–Kier alpha value is -2.49. The highest BCUT2D eigenvalue weighted by Crippen LogP contribution is 2.22. The number of methoxy groups -OCH3 is 1. The van der Waals surface area contributed by atoms with Crippen LogP contribution in [0.3, 0.4) is 0 Å². The second-order valence-electron chi connectivity index (χ2n) is 4.43. The van der Waals surface area contributed by atoms with Crippen LogP contribution in [0, 0.1) is 6.92 Å². The van der Waals surface area contributed by atoms with Gasteiger partial charge in [0.05, 0.1) is 12.7 Å². The summed E-state index contributed by atoms with van der Waals surface area (Å²) in [5.74, 6) is 0.297. The molecule has 2 rings (SSSR count). The molecule has 0 aliphatic carbocycles. The van der Waals surface area contributed by atoms with E-state index in [1.807, 2.05) is 31.2 Å². The van der Waals surface area contributed by atoms with Crippen LogP contribution in [0.25, 0.3) is 0 Å². The number of aryl methyl sites for hydroxylation is 1. The molecule has 0 atom stereocenters. The zero-order valence-electron chi connectivity index (χ0n) is 11.4. The summed E-state index contributed by atoms with van der Waals surface area (Å²) in [6.45, 7) is 2.34. The third-order valence-corrected chi connectivity index (χ3v) is 2.95. The van der Waals surface area contributed by atoms with E-state index in [-0.39, 0.29) is 5.56 Å². The molecule has 20 heavy (non-hydrogen) atoms.